The highest BCUT2D eigenvalue weighted by Crippen LogP contribution is 2.35. The van der Waals surface area contributed by atoms with Crippen molar-refractivity contribution in [3.05, 3.63) is 72.3 Å². The highest BCUT2D eigenvalue weighted by Gasteiger charge is 2.34. The van der Waals surface area contributed by atoms with Crippen LogP contribution >= 0.6 is 11.8 Å². The fraction of sp³-hybridized carbons (Fsp3) is 0.125. The summed E-state index contributed by atoms with van der Waals surface area (Å²) in [5.74, 6) is -0.768. The summed E-state index contributed by atoms with van der Waals surface area (Å²) in [4.78, 5) is 25.8. The van der Waals surface area contributed by atoms with Crippen LogP contribution in [0, 0.1) is 11.2 Å². The molecule has 0 aliphatic carbocycles. The molecule has 1 aliphatic heterocycles. The van der Waals surface area contributed by atoms with Crippen LogP contribution < -0.4 is 11.1 Å². The average molecular weight is 462 g/mol. The van der Waals surface area contributed by atoms with E-state index in [-0.39, 0.29) is 16.4 Å². The molecule has 33 heavy (non-hydrogen) atoms. The molecule has 0 spiro atoms. The van der Waals surface area contributed by atoms with E-state index in [1.165, 1.54) is 23.9 Å². The summed E-state index contributed by atoms with van der Waals surface area (Å²) < 4.78 is 17.9. The maximum Gasteiger partial charge on any atom is 0.275 e. The van der Waals surface area contributed by atoms with Crippen molar-refractivity contribution in [2.45, 2.75) is 13.0 Å². The molecule has 0 atom stereocenters. The van der Waals surface area contributed by atoms with Gasteiger partial charge < -0.3 is 14.9 Å². The van der Waals surface area contributed by atoms with Gasteiger partial charge >= 0.3 is 0 Å². The number of nitrogens with zero attached hydrogens (tertiary/aromatic N) is 2. The number of thioether (sulfide) groups is 1. The van der Waals surface area contributed by atoms with Crippen molar-refractivity contribution >= 4 is 61.8 Å². The second kappa shape index (κ2) is 8.25. The third kappa shape index (κ3) is 3.70. The Kier molecular flexibility index (Phi) is 5.26. The first-order chi connectivity index (χ1) is 15.9. The molecule has 2 amide bonds. The number of hydrogen-bond acceptors (Lipinski definition) is 4. The van der Waals surface area contributed by atoms with Crippen LogP contribution in [0.1, 0.15) is 12.0 Å². The summed E-state index contributed by atoms with van der Waals surface area (Å²) in [6.45, 7) is 0.590. The molecule has 166 valence electrons. The predicted molar refractivity (Wildman–Crippen MR) is 129 cm³/mol. The van der Waals surface area contributed by atoms with Crippen molar-refractivity contribution in [3.8, 4) is 0 Å². The van der Waals surface area contributed by atoms with E-state index in [1.54, 1.807) is 23.0 Å². The standard InChI is InChI=1S/C24H20FN5O2S/c25-15-6-7-19-16(12-15)17(13-29(19)9-3-11-33-24(26)27)20-21(23(32)28-22(20)31)30-10-8-14-4-1-2-5-18(14)30/h1-2,4-8,10,12-13H,3,9,11H2,(H3,26,27)(H,28,31,32). The number of fused-ring (bicyclic) bond motifs is 2. The molecular formula is C24H20FN5O2S. The van der Waals surface area contributed by atoms with Crippen LogP contribution in [-0.2, 0) is 16.1 Å². The highest BCUT2D eigenvalue weighted by molar-refractivity contribution is 8.13. The van der Waals surface area contributed by atoms with Gasteiger partial charge in [-0.15, -0.1) is 0 Å². The number of carbonyl (C=O) groups is 2. The van der Waals surface area contributed by atoms with E-state index < -0.39 is 17.6 Å². The minimum absolute atomic E-state index is 0.0602. The molecule has 0 saturated heterocycles. The summed E-state index contributed by atoms with van der Waals surface area (Å²) >= 11 is 1.26. The molecule has 7 nitrogen and oxygen atoms in total. The summed E-state index contributed by atoms with van der Waals surface area (Å²) in [5, 5.41) is 11.3. The summed E-state index contributed by atoms with van der Waals surface area (Å²) in [6, 6.07) is 13.9. The number of aromatic nitrogens is 2. The van der Waals surface area contributed by atoms with Gasteiger partial charge in [0.1, 0.15) is 11.5 Å². The quantitative estimate of drug-likeness (QED) is 0.176. The molecule has 2 aromatic carbocycles. The largest absolute Gasteiger partial charge is 0.379 e. The summed E-state index contributed by atoms with van der Waals surface area (Å²) in [6.07, 6.45) is 4.28. The molecule has 0 saturated carbocycles. The zero-order chi connectivity index (χ0) is 23.1. The number of halogens is 1. The molecule has 9 heteroatoms. The van der Waals surface area contributed by atoms with Gasteiger partial charge in [-0.2, -0.15) is 0 Å². The Bertz CT molecular complexity index is 1480. The topological polar surface area (TPSA) is 106 Å². The van der Waals surface area contributed by atoms with Crippen molar-refractivity contribution in [1.29, 1.82) is 5.41 Å². The van der Waals surface area contributed by atoms with Crippen molar-refractivity contribution in [2.75, 3.05) is 5.75 Å². The maximum absolute atomic E-state index is 14.2. The fourth-order valence-electron chi connectivity index (χ4n) is 4.27. The van der Waals surface area contributed by atoms with E-state index in [4.69, 9.17) is 11.1 Å². The lowest BCUT2D eigenvalue weighted by molar-refractivity contribution is -0.122. The lowest BCUT2D eigenvalue weighted by Gasteiger charge is -2.07. The number of imide groups is 1. The Hall–Kier alpha value is -3.85. The van der Waals surface area contributed by atoms with Gasteiger partial charge in [0.05, 0.1) is 11.1 Å². The third-order valence-corrected chi connectivity index (χ3v) is 6.46. The number of amides is 2. The number of para-hydroxylation sites is 1. The van der Waals surface area contributed by atoms with Gasteiger partial charge in [0.15, 0.2) is 5.17 Å². The van der Waals surface area contributed by atoms with Gasteiger partial charge in [-0.1, -0.05) is 30.0 Å². The lowest BCUT2D eigenvalue weighted by Crippen LogP contribution is -2.23. The molecule has 0 fully saturated rings. The molecule has 5 rings (SSSR count). The zero-order valence-corrected chi connectivity index (χ0v) is 18.3. The van der Waals surface area contributed by atoms with Crippen LogP contribution in [0.2, 0.25) is 0 Å². The minimum atomic E-state index is -0.511. The smallest absolute Gasteiger partial charge is 0.275 e. The fourth-order valence-corrected chi connectivity index (χ4v) is 4.77. The Balaban J connectivity index is 1.67. The molecular weight excluding hydrogens is 441 g/mol. The second-order valence-electron chi connectivity index (χ2n) is 7.72. The molecule has 4 aromatic rings. The van der Waals surface area contributed by atoms with Gasteiger partial charge in [-0.25, -0.2) is 4.39 Å². The van der Waals surface area contributed by atoms with Gasteiger partial charge in [0.25, 0.3) is 11.8 Å². The maximum atomic E-state index is 14.2. The Morgan fingerprint density at radius 2 is 1.91 bits per heavy atom. The lowest BCUT2D eigenvalue weighted by atomic mass is 10.0. The van der Waals surface area contributed by atoms with E-state index in [9.17, 15) is 14.0 Å². The van der Waals surface area contributed by atoms with Crippen LogP contribution in [0.15, 0.2) is 60.9 Å². The average Bonchev–Trinajstić information content (AvgIpc) is 3.43. The number of benzene rings is 2. The summed E-state index contributed by atoms with van der Waals surface area (Å²) in [5.41, 5.74) is 7.90. The van der Waals surface area contributed by atoms with Crippen LogP contribution in [0.25, 0.3) is 33.1 Å². The Morgan fingerprint density at radius 3 is 2.73 bits per heavy atom. The Morgan fingerprint density at radius 1 is 1.09 bits per heavy atom. The van der Waals surface area contributed by atoms with Crippen LogP contribution in [-0.4, -0.2) is 31.9 Å². The molecule has 4 N–H and O–H groups in total. The molecule has 1 aliphatic rings. The third-order valence-electron chi connectivity index (χ3n) is 5.66. The number of rotatable bonds is 6. The number of nitrogens with two attached hydrogens (primary N) is 1. The van der Waals surface area contributed by atoms with Crippen molar-refractivity contribution < 1.29 is 14.0 Å². The predicted octanol–water partition coefficient (Wildman–Crippen LogP) is 3.78. The van der Waals surface area contributed by atoms with Gasteiger partial charge in [-0.05, 0) is 42.1 Å². The Labute approximate surface area is 192 Å². The summed E-state index contributed by atoms with van der Waals surface area (Å²) in [7, 11) is 0. The minimum Gasteiger partial charge on any atom is -0.379 e. The number of nitrogens with one attached hydrogen (secondary N) is 2. The molecule has 0 bridgehead atoms. The van der Waals surface area contributed by atoms with E-state index in [1.807, 2.05) is 34.9 Å². The number of carbonyl (C=O) groups excluding carboxylic acids is 2. The van der Waals surface area contributed by atoms with E-state index >= 15 is 0 Å². The number of amidine groups is 1. The molecule has 3 heterocycles. The monoisotopic (exact) mass is 461 g/mol. The van der Waals surface area contributed by atoms with Crippen LogP contribution in [0.3, 0.4) is 0 Å². The van der Waals surface area contributed by atoms with E-state index in [0.717, 1.165) is 22.8 Å². The first-order valence-electron chi connectivity index (χ1n) is 10.4. The van der Waals surface area contributed by atoms with Crippen LogP contribution in [0.4, 0.5) is 4.39 Å². The zero-order valence-electron chi connectivity index (χ0n) is 17.5. The first kappa shape index (κ1) is 21.0. The van der Waals surface area contributed by atoms with Gasteiger partial charge in [-0.3, -0.25) is 20.3 Å². The normalized spacial score (nSPS) is 14.0. The molecule has 2 aromatic heterocycles. The van der Waals surface area contributed by atoms with E-state index in [0.29, 0.717) is 23.2 Å². The van der Waals surface area contributed by atoms with Crippen LogP contribution in [0.5, 0.6) is 0 Å². The molecule has 0 radical (unpaired) electrons. The van der Waals surface area contributed by atoms with E-state index in [2.05, 4.69) is 5.32 Å². The van der Waals surface area contributed by atoms with Gasteiger partial charge in [0, 0.05) is 41.2 Å². The van der Waals surface area contributed by atoms with Crippen molar-refractivity contribution in [1.82, 2.24) is 14.5 Å². The first-order valence-corrected chi connectivity index (χ1v) is 11.3. The highest BCUT2D eigenvalue weighted by atomic mass is 32.2. The number of aryl methyl sites for hydroxylation is 1. The molecule has 0 unspecified atom stereocenters. The second-order valence-corrected chi connectivity index (χ2v) is 8.85. The van der Waals surface area contributed by atoms with Crippen molar-refractivity contribution in [3.63, 3.8) is 0 Å². The van der Waals surface area contributed by atoms with Crippen molar-refractivity contribution in [2.24, 2.45) is 5.73 Å². The van der Waals surface area contributed by atoms with Gasteiger partial charge in [0.2, 0.25) is 0 Å². The SMILES string of the molecule is N=C(N)SCCCn1cc(C2=C(n3ccc4ccccc43)C(=O)NC2=O)c2cc(F)ccc21. The number of hydrogen-bond donors (Lipinski definition) is 3.